The molecule has 2 aromatic carbocycles. The van der Waals surface area contributed by atoms with E-state index in [9.17, 15) is 19.2 Å². The van der Waals surface area contributed by atoms with Crippen molar-refractivity contribution in [3.8, 4) is 5.75 Å². The lowest BCUT2D eigenvalue weighted by Crippen LogP contribution is -2.59. The predicted molar refractivity (Wildman–Crippen MR) is 138 cm³/mol. The van der Waals surface area contributed by atoms with Crippen molar-refractivity contribution in [1.29, 1.82) is 0 Å². The van der Waals surface area contributed by atoms with Crippen molar-refractivity contribution < 1.29 is 47.6 Å². The van der Waals surface area contributed by atoms with Crippen LogP contribution in [0, 0.1) is 0 Å². The van der Waals surface area contributed by atoms with Gasteiger partial charge in [-0.2, -0.15) is 0 Å². The molecular weight excluding hydrogens is 510 g/mol. The summed E-state index contributed by atoms with van der Waals surface area (Å²) >= 11 is 0. The molecular formula is C28H33NO10. The van der Waals surface area contributed by atoms with Crippen LogP contribution in [0.15, 0.2) is 42.5 Å². The summed E-state index contributed by atoms with van der Waals surface area (Å²) in [5, 5.41) is 0. The molecule has 0 aromatic heterocycles. The number of esters is 4. The second kappa shape index (κ2) is 13.1. The molecule has 0 saturated carbocycles. The number of hydrogen-bond donors (Lipinski definition) is 1. The summed E-state index contributed by atoms with van der Waals surface area (Å²) in [6.07, 6.45) is -5.21. The number of nitrogens with two attached hydrogens (primary N) is 1. The molecule has 0 aliphatic carbocycles. The highest BCUT2D eigenvalue weighted by Crippen LogP contribution is 2.38. The van der Waals surface area contributed by atoms with Gasteiger partial charge >= 0.3 is 23.9 Å². The number of anilines is 1. The smallest absolute Gasteiger partial charge is 0.303 e. The number of carbonyl (C=O) groups excluding carboxylic acids is 4. The first-order valence-electron chi connectivity index (χ1n) is 12.3. The lowest BCUT2D eigenvalue weighted by atomic mass is 9.89. The molecule has 2 aromatic rings. The largest absolute Gasteiger partial charge is 0.497 e. The Morgan fingerprint density at radius 3 is 1.95 bits per heavy atom. The van der Waals surface area contributed by atoms with Crippen LogP contribution in [0.25, 0.3) is 0 Å². The van der Waals surface area contributed by atoms with E-state index < -0.39 is 54.4 Å². The number of rotatable bonds is 9. The van der Waals surface area contributed by atoms with Crippen molar-refractivity contribution >= 4 is 29.6 Å². The average Bonchev–Trinajstić information content (AvgIpc) is 2.86. The van der Waals surface area contributed by atoms with Crippen LogP contribution in [0.4, 0.5) is 5.69 Å². The monoisotopic (exact) mass is 543 g/mol. The van der Waals surface area contributed by atoms with E-state index in [0.717, 1.165) is 16.9 Å². The fourth-order valence-electron chi connectivity index (χ4n) is 4.42. The summed E-state index contributed by atoms with van der Waals surface area (Å²) in [5.41, 5.74) is 9.11. The van der Waals surface area contributed by atoms with Crippen molar-refractivity contribution in [2.24, 2.45) is 0 Å². The van der Waals surface area contributed by atoms with Crippen molar-refractivity contribution in [3.05, 3.63) is 59.2 Å². The Labute approximate surface area is 226 Å². The maximum absolute atomic E-state index is 12.1. The summed E-state index contributed by atoms with van der Waals surface area (Å²) in [6.45, 7) is 4.47. The lowest BCUT2D eigenvalue weighted by Gasteiger charge is -2.44. The zero-order valence-electron chi connectivity index (χ0n) is 22.5. The number of nitrogen functional groups attached to an aromatic ring is 1. The average molecular weight is 544 g/mol. The van der Waals surface area contributed by atoms with Crippen LogP contribution in [0.2, 0.25) is 0 Å². The molecule has 1 aliphatic heterocycles. The highest BCUT2D eigenvalue weighted by atomic mass is 16.7. The van der Waals surface area contributed by atoms with Gasteiger partial charge in [-0.15, -0.1) is 0 Å². The van der Waals surface area contributed by atoms with E-state index in [1.165, 1.54) is 27.7 Å². The Bertz CT molecular complexity index is 1200. The SMILES string of the molecule is COc1ccc(Cc2cc(C3O[C@H](COC(C)=O)[C@@H](OC(C)=O)C(OC(C)=O)[C@H]3OC(C)=O)ccc2N)cc1. The fourth-order valence-corrected chi connectivity index (χ4v) is 4.42. The first-order chi connectivity index (χ1) is 18.5. The van der Waals surface area contributed by atoms with Crippen LogP contribution < -0.4 is 10.5 Å². The van der Waals surface area contributed by atoms with Gasteiger partial charge in [-0.05, 0) is 41.3 Å². The third kappa shape index (κ3) is 7.93. The molecule has 1 heterocycles. The minimum atomic E-state index is -1.25. The van der Waals surface area contributed by atoms with E-state index in [-0.39, 0.29) is 6.61 Å². The second-order valence-corrected chi connectivity index (χ2v) is 9.10. The highest BCUT2D eigenvalue weighted by molar-refractivity contribution is 5.69. The molecule has 1 saturated heterocycles. The van der Waals surface area contributed by atoms with E-state index in [1.54, 1.807) is 25.3 Å². The summed E-state index contributed by atoms with van der Waals surface area (Å²) in [6, 6.07) is 12.7. The predicted octanol–water partition coefficient (Wildman–Crippen LogP) is 2.67. The zero-order valence-corrected chi connectivity index (χ0v) is 22.5. The molecule has 0 amide bonds. The van der Waals surface area contributed by atoms with Gasteiger partial charge in [-0.25, -0.2) is 0 Å². The van der Waals surface area contributed by atoms with Gasteiger partial charge in [0.1, 0.15) is 24.6 Å². The standard InChI is InChI=1S/C28H33NO10/c1-15(30)35-14-24-26(36-16(2)31)28(38-18(4)33)27(37-17(3)32)25(39-24)20-8-11-23(29)21(13-20)12-19-6-9-22(34-5)10-7-19/h6-11,13,24-28H,12,14,29H2,1-5H3/t24-,25?,26-,27+,28?/m1/s1. The Kier molecular flexibility index (Phi) is 9.89. The van der Waals surface area contributed by atoms with E-state index in [4.69, 9.17) is 34.2 Å². The Morgan fingerprint density at radius 2 is 1.38 bits per heavy atom. The Balaban J connectivity index is 2.05. The molecule has 0 bridgehead atoms. The number of methoxy groups -OCH3 is 1. The molecule has 11 nitrogen and oxygen atoms in total. The normalized spacial score (nSPS) is 22.3. The van der Waals surface area contributed by atoms with Gasteiger partial charge in [0.05, 0.1) is 7.11 Å². The molecule has 11 heteroatoms. The summed E-state index contributed by atoms with van der Waals surface area (Å²) in [5.74, 6) is -1.92. The topological polar surface area (TPSA) is 150 Å². The van der Waals surface area contributed by atoms with Crippen molar-refractivity contribution in [2.45, 2.75) is 64.6 Å². The van der Waals surface area contributed by atoms with E-state index >= 15 is 0 Å². The quantitative estimate of drug-likeness (QED) is 0.282. The van der Waals surface area contributed by atoms with Crippen LogP contribution >= 0.6 is 0 Å². The maximum Gasteiger partial charge on any atom is 0.303 e. The second-order valence-electron chi connectivity index (χ2n) is 9.10. The van der Waals surface area contributed by atoms with Crippen LogP contribution in [-0.4, -0.2) is 62.0 Å². The molecule has 2 unspecified atom stereocenters. The molecule has 2 N–H and O–H groups in total. The van der Waals surface area contributed by atoms with Crippen LogP contribution in [0.1, 0.15) is 50.5 Å². The number of ether oxygens (including phenoxy) is 6. The summed E-state index contributed by atoms with van der Waals surface area (Å²) in [7, 11) is 1.59. The van der Waals surface area contributed by atoms with Gasteiger partial charge in [0.2, 0.25) is 0 Å². The van der Waals surface area contributed by atoms with Gasteiger partial charge < -0.3 is 34.2 Å². The molecule has 210 valence electrons. The molecule has 0 radical (unpaired) electrons. The number of hydrogen-bond acceptors (Lipinski definition) is 11. The molecule has 39 heavy (non-hydrogen) atoms. The van der Waals surface area contributed by atoms with Crippen LogP contribution in [-0.2, 0) is 49.3 Å². The highest BCUT2D eigenvalue weighted by Gasteiger charge is 2.52. The summed E-state index contributed by atoms with van der Waals surface area (Å²) < 4.78 is 33.2. The third-order valence-electron chi connectivity index (χ3n) is 6.04. The minimum absolute atomic E-state index is 0.304. The van der Waals surface area contributed by atoms with Crippen LogP contribution in [0.5, 0.6) is 5.75 Å². The van der Waals surface area contributed by atoms with E-state index in [2.05, 4.69) is 0 Å². The van der Waals surface area contributed by atoms with Crippen molar-refractivity contribution in [3.63, 3.8) is 0 Å². The van der Waals surface area contributed by atoms with Crippen LogP contribution in [0.3, 0.4) is 0 Å². The number of benzene rings is 2. The Morgan fingerprint density at radius 1 is 0.795 bits per heavy atom. The lowest BCUT2D eigenvalue weighted by molar-refractivity contribution is -0.254. The molecule has 0 spiro atoms. The van der Waals surface area contributed by atoms with Gasteiger partial charge in [-0.1, -0.05) is 24.3 Å². The minimum Gasteiger partial charge on any atom is -0.497 e. The van der Waals surface area contributed by atoms with E-state index in [1.807, 2.05) is 24.3 Å². The molecule has 1 fully saturated rings. The summed E-state index contributed by atoms with van der Waals surface area (Å²) in [4.78, 5) is 47.7. The first kappa shape index (κ1) is 29.4. The van der Waals surface area contributed by atoms with E-state index in [0.29, 0.717) is 17.7 Å². The van der Waals surface area contributed by atoms with Gasteiger partial charge in [0.25, 0.3) is 0 Å². The first-order valence-corrected chi connectivity index (χ1v) is 12.3. The van der Waals surface area contributed by atoms with Crippen molar-refractivity contribution in [1.82, 2.24) is 0 Å². The molecule has 3 rings (SSSR count). The zero-order chi connectivity index (χ0) is 28.7. The third-order valence-corrected chi connectivity index (χ3v) is 6.04. The molecule has 1 aliphatic rings. The van der Waals surface area contributed by atoms with Gasteiger partial charge in [0.15, 0.2) is 18.3 Å². The fraction of sp³-hybridized carbons (Fsp3) is 0.429. The van der Waals surface area contributed by atoms with Gasteiger partial charge in [-0.3, -0.25) is 19.2 Å². The van der Waals surface area contributed by atoms with Crippen molar-refractivity contribution in [2.75, 3.05) is 19.5 Å². The molecule has 5 atom stereocenters. The van der Waals surface area contributed by atoms with Gasteiger partial charge in [0, 0.05) is 33.4 Å². The number of carbonyl (C=O) groups is 4. The Hall–Kier alpha value is -4.12. The maximum atomic E-state index is 12.1.